The Hall–Kier alpha value is -3.12. The van der Waals surface area contributed by atoms with E-state index in [1.807, 2.05) is 49.1 Å². The topological polar surface area (TPSA) is 71.0 Å². The number of pyridine rings is 1. The van der Waals surface area contributed by atoms with E-state index in [0.717, 1.165) is 49.2 Å². The van der Waals surface area contributed by atoms with Gasteiger partial charge in [0.1, 0.15) is 6.33 Å². The minimum atomic E-state index is -0.466. The summed E-state index contributed by atoms with van der Waals surface area (Å²) >= 11 is 0. The van der Waals surface area contributed by atoms with Gasteiger partial charge in [0.25, 0.3) is 0 Å². The highest BCUT2D eigenvalue weighted by Crippen LogP contribution is 2.37. The Bertz CT molecular complexity index is 979. The van der Waals surface area contributed by atoms with E-state index >= 15 is 0 Å². The molecule has 0 radical (unpaired) electrons. The highest BCUT2D eigenvalue weighted by Gasteiger charge is 2.42. The number of likely N-dealkylation sites (tertiary alicyclic amines) is 1. The summed E-state index contributed by atoms with van der Waals surface area (Å²) in [6, 6.07) is 12.4. The maximum absolute atomic E-state index is 13.2. The number of piperidine rings is 1. The molecule has 0 aliphatic carbocycles. The van der Waals surface area contributed by atoms with Crippen molar-refractivity contribution in [2.45, 2.75) is 25.8 Å². The van der Waals surface area contributed by atoms with Gasteiger partial charge in [-0.3, -0.25) is 14.7 Å². The molecule has 1 atom stereocenters. The van der Waals surface area contributed by atoms with Gasteiger partial charge in [0.05, 0.1) is 5.41 Å². The second-order valence-electron chi connectivity index (χ2n) is 7.99. The maximum Gasteiger partial charge on any atom is 0.227 e. The molecule has 3 aromatic rings. The molecule has 0 saturated carbocycles. The van der Waals surface area contributed by atoms with Crippen LogP contribution in [-0.2, 0) is 17.8 Å². The van der Waals surface area contributed by atoms with E-state index in [1.54, 1.807) is 7.05 Å². The average Bonchev–Trinajstić information content (AvgIpc) is 2.80. The second-order valence-corrected chi connectivity index (χ2v) is 7.99. The molecule has 3 heterocycles. The van der Waals surface area contributed by atoms with E-state index in [4.69, 9.17) is 0 Å². The van der Waals surface area contributed by atoms with Crippen LogP contribution in [0.4, 0.5) is 0 Å². The normalized spacial score (nSPS) is 19.4. The van der Waals surface area contributed by atoms with Crippen LogP contribution < -0.4 is 5.32 Å². The van der Waals surface area contributed by atoms with Crippen LogP contribution >= 0.6 is 0 Å². The van der Waals surface area contributed by atoms with Gasteiger partial charge < -0.3 is 5.32 Å². The molecule has 1 fully saturated rings. The van der Waals surface area contributed by atoms with E-state index in [0.29, 0.717) is 6.42 Å². The monoisotopic (exact) mass is 401 g/mol. The Morgan fingerprint density at radius 2 is 1.87 bits per heavy atom. The first-order chi connectivity index (χ1) is 14.7. The minimum Gasteiger partial charge on any atom is -0.359 e. The zero-order valence-corrected chi connectivity index (χ0v) is 17.3. The van der Waals surface area contributed by atoms with Crippen molar-refractivity contribution in [1.82, 2.24) is 25.2 Å². The van der Waals surface area contributed by atoms with Crippen LogP contribution in [0.5, 0.6) is 0 Å². The summed E-state index contributed by atoms with van der Waals surface area (Å²) < 4.78 is 0. The molecular weight excluding hydrogens is 374 g/mol. The third-order valence-electron chi connectivity index (χ3n) is 5.94. The first kappa shape index (κ1) is 20.2. The summed E-state index contributed by atoms with van der Waals surface area (Å²) in [5.41, 5.74) is 3.98. The molecule has 1 saturated heterocycles. The summed E-state index contributed by atoms with van der Waals surface area (Å²) in [4.78, 5) is 28.0. The quantitative estimate of drug-likeness (QED) is 0.687. The van der Waals surface area contributed by atoms with Crippen LogP contribution in [0.2, 0.25) is 0 Å². The lowest BCUT2D eigenvalue weighted by Gasteiger charge is -2.42. The van der Waals surface area contributed by atoms with Crippen LogP contribution in [0.25, 0.3) is 11.1 Å². The minimum absolute atomic E-state index is 0.112. The van der Waals surface area contributed by atoms with Gasteiger partial charge in [-0.1, -0.05) is 24.3 Å². The van der Waals surface area contributed by atoms with Gasteiger partial charge in [-0.2, -0.15) is 0 Å². The summed E-state index contributed by atoms with van der Waals surface area (Å²) in [5, 5.41) is 2.94. The summed E-state index contributed by atoms with van der Waals surface area (Å²) in [7, 11) is 1.74. The number of aromatic nitrogens is 3. The van der Waals surface area contributed by atoms with E-state index < -0.39 is 5.41 Å². The predicted molar refractivity (Wildman–Crippen MR) is 116 cm³/mol. The molecule has 1 amide bonds. The Morgan fingerprint density at radius 1 is 1.10 bits per heavy atom. The van der Waals surface area contributed by atoms with Gasteiger partial charge in [0, 0.05) is 50.5 Å². The zero-order chi connectivity index (χ0) is 20.8. The van der Waals surface area contributed by atoms with Crippen molar-refractivity contribution >= 4 is 5.91 Å². The number of hydrogen-bond acceptors (Lipinski definition) is 5. The molecule has 1 aromatic carbocycles. The fraction of sp³-hybridized carbons (Fsp3) is 0.333. The number of rotatable bonds is 6. The van der Waals surface area contributed by atoms with Gasteiger partial charge >= 0.3 is 0 Å². The molecule has 4 rings (SSSR count). The standard InChI is InChI=1S/C24H27N5O/c1-25-23(30)24(9-4-12-29(17-24)16-19-7-10-26-11-8-19)13-20-5-2-3-6-22(20)21-14-27-18-28-15-21/h2-3,5-8,10-11,14-15,18H,4,9,12-13,16-17H2,1H3,(H,25,30). The molecule has 1 unspecified atom stereocenters. The van der Waals surface area contributed by atoms with Crippen LogP contribution in [0.15, 0.2) is 67.5 Å². The number of hydrogen-bond donors (Lipinski definition) is 1. The molecule has 0 spiro atoms. The van der Waals surface area contributed by atoms with E-state index in [9.17, 15) is 4.79 Å². The van der Waals surface area contributed by atoms with Crippen molar-refractivity contribution in [3.63, 3.8) is 0 Å². The van der Waals surface area contributed by atoms with Gasteiger partial charge in [-0.15, -0.1) is 0 Å². The number of carbonyl (C=O) groups excluding carboxylic acids is 1. The van der Waals surface area contributed by atoms with Gasteiger partial charge in [0.2, 0.25) is 5.91 Å². The summed E-state index contributed by atoms with van der Waals surface area (Å²) in [6.07, 6.45) is 11.4. The molecule has 1 aliphatic rings. The van der Waals surface area contributed by atoms with Crippen LogP contribution in [0.3, 0.4) is 0 Å². The SMILES string of the molecule is CNC(=O)C1(Cc2ccccc2-c2cncnc2)CCCN(Cc2ccncc2)C1. The molecule has 6 nitrogen and oxygen atoms in total. The molecule has 2 aromatic heterocycles. The Balaban J connectivity index is 1.63. The van der Waals surface area contributed by atoms with E-state index in [1.165, 1.54) is 11.9 Å². The third kappa shape index (κ3) is 4.39. The fourth-order valence-corrected chi connectivity index (χ4v) is 4.54. The van der Waals surface area contributed by atoms with E-state index in [2.05, 4.69) is 37.3 Å². The highest BCUT2D eigenvalue weighted by atomic mass is 16.2. The fourth-order valence-electron chi connectivity index (χ4n) is 4.54. The maximum atomic E-state index is 13.2. The Morgan fingerprint density at radius 3 is 2.63 bits per heavy atom. The summed E-state index contributed by atoms with van der Waals surface area (Å²) in [5.74, 6) is 0.112. The number of amides is 1. The molecule has 154 valence electrons. The molecule has 1 aliphatic heterocycles. The smallest absolute Gasteiger partial charge is 0.227 e. The summed E-state index contributed by atoms with van der Waals surface area (Å²) in [6.45, 7) is 2.55. The third-order valence-corrected chi connectivity index (χ3v) is 5.94. The average molecular weight is 402 g/mol. The van der Waals surface area contributed by atoms with Crippen LogP contribution in [0.1, 0.15) is 24.0 Å². The Labute approximate surface area is 177 Å². The van der Waals surface area contributed by atoms with Crippen molar-refractivity contribution in [3.05, 3.63) is 78.6 Å². The van der Waals surface area contributed by atoms with Crippen molar-refractivity contribution in [2.75, 3.05) is 20.1 Å². The second kappa shape index (κ2) is 9.13. The van der Waals surface area contributed by atoms with Crippen molar-refractivity contribution in [3.8, 4) is 11.1 Å². The predicted octanol–water partition coefficient (Wildman–Crippen LogP) is 3.11. The number of nitrogens with one attached hydrogen (secondary N) is 1. The molecule has 30 heavy (non-hydrogen) atoms. The molecular formula is C24H27N5O. The highest BCUT2D eigenvalue weighted by molar-refractivity contribution is 5.83. The van der Waals surface area contributed by atoms with Gasteiger partial charge in [-0.05, 0) is 54.6 Å². The van der Waals surface area contributed by atoms with Gasteiger partial charge in [0.15, 0.2) is 0 Å². The number of benzene rings is 1. The Kier molecular flexibility index (Phi) is 6.14. The molecule has 6 heteroatoms. The van der Waals surface area contributed by atoms with Crippen LogP contribution in [0, 0.1) is 5.41 Å². The van der Waals surface area contributed by atoms with E-state index in [-0.39, 0.29) is 5.91 Å². The van der Waals surface area contributed by atoms with Crippen molar-refractivity contribution in [2.24, 2.45) is 5.41 Å². The first-order valence-corrected chi connectivity index (χ1v) is 10.4. The number of nitrogens with zero attached hydrogens (tertiary/aromatic N) is 4. The van der Waals surface area contributed by atoms with Gasteiger partial charge in [-0.25, -0.2) is 9.97 Å². The van der Waals surface area contributed by atoms with Crippen molar-refractivity contribution in [1.29, 1.82) is 0 Å². The lowest BCUT2D eigenvalue weighted by Crippen LogP contribution is -2.52. The lowest BCUT2D eigenvalue weighted by atomic mass is 9.73. The lowest BCUT2D eigenvalue weighted by molar-refractivity contribution is -0.134. The number of carbonyl (C=O) groups is 1. The molecule has 0 bridgehead atoms. The van der Waals surface area contributed by atoms with Crippen molar-refractivity contribution < 1.29 is 4.79 Å². The largest absolute Gasteiger partial charge is 0.359 e. The zero-order valence-electron chi connectivity index (χ0n) is 17.3. The molecule has 1 N–H and O–H groups in total. The van der Waals surface area contributed by atoms with Crippen LogP contribution in [-0.4, -0.2) is 45.9 Å². The first-order valence-electron chi connectivity index (χ1n) is 10.4.